The molecule has 0 saturated carbocycles. The van der Waals surface area contributed by atoms with E-state index in [-0.39, 0.29) is 12.0 Å². The van der Waals surface area contributed by atoms with Crippen LogP contribution in [0.2, 0.25) is 5.02 Å². The Balaban J connectivity index is 2.63. The van der Waals surface area contributed by atoms with Crippen LogP contribution in [0.5, 0.6) is 0 Å². The Morgan fingerprint density at radius 3 is 2.80 bits per heavy atom. The van der Waals surface area contributed by atoms with Gasteiger partial charge in [0.05, 0.1) is 0 Å². The lowest BCUT2D eigenvalue weighted by molar-refractivity contribution is -0.134. The maximum absolute atomic E-state index is 14.5. The predicted molar refractivity (Wildman–Crippen MR) is 80.1 cm³/mol. The minimum atomic E-state index is -1.81. The van der Waals surface area contributed by atoms with Crippen LogP contribution >= 0.6 is 27.5 Å². The van der Waals surface area contributed by atoms with E-state index in [1.165, 1.54) is 13.0 Å². The van der Waals surface area contributed by atoms with Gasteiger partial charge in [-0.25, -0.2) is 4.39 Å². The smallest absolute Gasteiger partial charge is 0.249 e. The number of primary amides is 1. The fourth-order valence-corrected chi connectivity index (χ4v) is 3.09. The number of nitrogens with two attached hydrogens (primary N) is 1. The van der Waals surface area contributed by atoms with Crippen LogP contribution < -0.4 is 5.73 Å². The van der Waals surface area contributed by atoms with E-state index in [9.17, 15) is 14.3 Å². The summed E-state index contributed by atoms with van der Waals surface area (Å²) in [6, 6.07) is 6.38. The van der Waals surface area contributed by atoms with Gasteiger partial charge in [0, 0.05) is 26.7 Å². The minimum absolute atomic E-state index is 0.190. The van der Waals surface area contributed by atoms with Crippen molar-refractivity contribution in [3.63, 3.8) is 0 Å². The van der Waals surface area contributed by atoms with Gasteiger partial charge in [-0.2, -0.15) is 0 Å². The van der Waals surface area contributed by atoms with Crippen LogP contribution in [-0.2, 0) is 11.2 Å². The van der Waals surface area contributed by atoms with Crippen molar-refractivity contribution in [3.05, 3.63) is 45.1 Å². The van der Waals surface area contributed by atoms with Crippen molar-refractivity contribution in [2.45, 2.75) is 18.9 Å². The number of fused-ring (bicyclic) bond motifs is 1. The monoisotopic (exact) mass is 359 g/mol. The third-order valence-electron chi connectivity index (χ3n) is 3.14. The summed E-state index contributed by atoms with van der Waals surface area (Å²) in [4.78, 5) is 11.2. The van der Waals surface area contributed by atoms with E-state index in [1.54, 1.807) is 18.2 Å². The van der Waals surface area contributed by atoms with Gasteiger partial charge < -0.3 is 10.8 Å². The first-order valence-corrected chi connectivity index (χ1v) is 6.98. The molecule has 2 rings (SSSR count). The second-order valence-corrected chi connectivity index (χ2v) is 6.07. The van der Waals surface area contributed by atoms with Crippen molar-refractivity contribution in [1.82, 2.24) is 0 Å². The zero-order valence-electron chi connectivity index (χ0n) is 10.6. The number of halogens is 3. The first-order chi connectivity index (χ1) is 9.24. The molecule has 0 aliphatic heterocycles. The third kappa shape index (κ3) is 2.66. The Morgan fingerprint density at radius 1 is 1.55 bits per heavy atom. The van der Waals surface area contributed by atoms with Crippen LogP contribution in [0.4, 0.5) is 4.39 Å². The normalized spacial score (nSPS) is 14.2. The molecule has 0 saturated heterocycles. The highest BCUT2D eigenvalue weighted by molar-refractivity contribution is 9.10. The molecule has 1 atom stereocenters. The molecular formula is C14H12BrClFNO2. The number of amides is 1. The lowest BCUT2D eigenvalue weighted by Crippen LogP contribution is -2.43. The maximum Gasteiger partial charge on any atom is 0.249 e. The van der Waals surface area contributed by atoms with Gasteiger partial charge in [-0.15, -0.1) is 0 Å². The van der Waals surface area contributed by atoms with Gasteiger partial charge in [0.2, 0.25) is 5.91 Å². The Bertz CT molecular complexity index is 703. The summed E-state index contributed by atoms with van der Waals surface area (Å²) in [5.74, 6) is -1.42. The van der Waals surface area contributed by atoms with Gasteiger partial charge >= 0.3 is 0 Å². The maximum atomic E-state index is 14.5. The van der Waals surface area contributed by atoms with Crippen molar-refractivity contribution >= 4 is 44.2 Å². The van der Waals surface area contributed by atoms with Gasteiger partial charge in [0.25, 0.3) is 0 Å². The van der Waals surface area contributed by atoms with Crippen molar-refractivity contribution in [3.8, 4) is 0 Å². The number of hydrogen-bond acceptors (Lipinski definition) is 2. The number of rotatable bonds is 3. The number of aliphatic hydroxyl groups is 1. The fraction of sp³-hybridized carbons (Fsp3) is 0.214. The second kappa shape index (κ2) is 5.31. The fourth-order valence-electron chi connectivity index (χ4n) is 2.00. The summed E-state index contributed by atoms with van der Waals surface area (Å²) in [7, 11) is 0. The minimum Gasteiger partial charge on any atom is -0.380 e. The van der Waals surface area contributed by atoms with Gasteiger partial charge in [-0.1, -0.05) is 39.7 Å². The molecule has 20 heavy (non-hydrogen) atoms. The number of carbonyl (C=O) groups is 1. The predicted octanol–water partition coefficient (Wildman–Crippen LogP) is 3.17. The molecule has 6 heteroatoms. The molecule has 0 aromatic heterocycles. The van der Waals surface area contributed by atoms with E-state index in [4.69, 9.17) is 17.3 Å². The molecule has 0 heterocycles. The van der Waals surface area contributed by atoms with Crippen LogP contribution in [0.15, 0.2) is 28.7 Å². The molecule has 0 bridgehead atoms. The highest BCUT2D eigenvalue weighted by Gasteiger charge is 2.30. The van der Waals surface area contributed by atoms with Gasteiger partial charge in [-0.3, -0.25) is 4.79 Å². The first-order valence-electron chi connectivity index (χ1n) is 5.81. The lowest BCUT2D eigenvalue weighted by Gasteiger charge is -2.20. The molecule has 0 spiro atoms. The Morgan fingerprint density at radius 2 is 2.20 bits per heavy atom. The van der Waals surface area contributed by atoms with Gasteiger partial charge in [-0.05, 0) is 24.6 Å². The largest absolute Gasteiger partial charge is 0.380 e. The Hall–Kier alpha value is -1.17. The Labute approximate surface area is 128 Å². The summed E-state index contributed by atoms with van der Waals surface area (Å²) < 4.78 is 15.1. The second-order valence-electron chi connectivity index (χ2n) is 4.81. The summed E-state index contributed by atoms with van der Waals surface area (Å²) in [5.41, 5.74) is 3.48. The van der Waals surface area contributed by atoms with Crippen molar-refractivity contribution in [2.75, 3.05) is 0 Å². The van der Waals surface area contributed by atoms with Gasteiger partial charge in [0.1, 0.15) is 11.4 Å². The standard InChI is InChI=1S/C14H12BrClFNO2/c1-14(20,13(18)19)6-7-5-9(15)11-8(12(7)17)3-2-4-10(11)16/h2-5,20H,6H2,1H3,(H2,18,19)/t14-/m1/s1. The summed E-state index contributed by atoms with van der Waals surface area (Å²) in [6.45, 7) is 1.25. The SMILES string of the molecule is C[C@@](O)(Cc1cc(Br)c2c(Cl)cccc2c1F)C(N)=O. The summed E-state index contributed by atoms with van der Waals surface area (Å²) in [5, 5.41) is 11.2. The van der Waals surface area contributed by atoms with Crippen molar-refractivity contribution in [2.24, 2.45) is 5.73 Å². The van der Waals surface area contributed by atoms with E-state index < -0.39 is 17.3 Å². The van der Waals surface area contributed by atoms with E-state index in [0.29, 0.717) is 20.3 Å². The number of hydrogen-bond donors (Lipinski definition) is 2. The zero-order valence-corrected chi connectivity index (χ0v) is 12.9. The molecule has 3 nitrogen and oxygen atoms in total. The van der Waals surface area contributed by atoms with Crippen molar-refractivity contribution < 1.29 is 14.3 Å². The molecule has 0 unspecified atom stereocenters. The molecule has 0 aliphatic rings. The van der Waals surface area contributed by atoms with Crippen LogP contribution in [0.25, 0.3) is 10.8 Å². The first kappa shape index (κ1) is 15.2. The lowest BCUT2D eigenvalue weighted by atomic mass is 9.94. The number of carbonyl (C=O) groups excluding carboxylic acids is 1. The highest BCUT2D eigenvalue weighted by Crippen LogP contribution is 2.35. The van der Waals surface area contributed by atoms with Gasteiger partial charge in [0.15, 0.2) is 0 Å². The highest BCUT2D eigenvalue weighted by atomic mass is 79.9. The van der Waals surface area contributed by atoms with Crippen LogP contribution in [-0.4, -0.2) is 16.6 Å². The average molecular weight is 361 g/mol. The quantitative estimate of drug-likeness (QED) is 0.883. The van der Waals surface area contributed by atoms with Crippen LogP contribution in [0.1, 0.15) is 12.5 Å². The third-order valence-corrected chi connectivity index (χ3v) is 4.08. The molecule has 2 aromatic rings. The molecule has 0 fully saturated rings. The zero-order chi connectivity index (χ0) is 15.1. The molecule has 0 aliphatic carbocycles. The van der Waals surface area contributed by atoms with E-state index in [0.717, 1.165) is 0 Å². The Kier molecular flexibility index (Phi) is 4.04. The average Bonchev–Trinajstić information content (AvgIpc) is 2.34. The topological polar surface area (TPSA) is 63.3 Å². The molecule has 1 amide bonds. The van der Waals surface area contributed by atoms with E-state index in [2.05, 4.69) is 15.9 Å². The van der Waals surface area contributed by atoms with E-state index in [1.807, 2.05) is 0 Å². The molecular weight excluding hydrogens is 349 g/mol. The van der Waals surface area contributed by atoms with E-state index >= 15 is 0 Å². The molecule has 3 N–H and O–H groups in total. The summed E-state index contributed by atoms with van der Waals surface area (Å²) >= 11 is 9.38. The van der Waals surface area contributed by atoms with Crippen LogP contribution in [0, 0.1) is 5.82 Å². The number of benzene rings is 2. The molecule has 106 valence electrons. The van der Waals surface area contributed by atoms with Crippen molar-refractivity contribution in [1.29, 1.82) is 0 Å². The molecule has 0 radical (unpaired) electrons. The summed E-state index contributed by atoms with van der Waals surface area (Å²) in [6.07, 6.45) is -0.213. The van der Waals surface area contributed by atoms with Crippen LogP contribution in [0.3, 0.4) is 0 Å². The molecule has 2 aromatic carbocycles.